The van der Waals surface area contributed by atoms with Gasteiger partial charge in [0.1, 0.15) is 18.1 Å². The largest absolute Gasteiger partial charge is 0.478 e. The summed E-state index contributed by atoms with van der Waals surface area (Å²) in [5, 5.41) is 32.8. The molecule has 3 heterocycles. The molecule has 10 nitrogen and oxygen atoms in total. The number of benzene rings is 2. The third-order valence-corrected chi connectivity index (χ3v) is 7.17. The van der Waals surface area contributed by atoms with E-state index in [0.717, 1.165) is 15.9 Å². The van der Waals surface area contributed by atoms with Crippen molar-refractivity contribution in [3.8, 4) is 0 Å². The molecule has 0 radical (unpaired) electrons. The minimum absolute atomic E-state index is 0.171. The van der Waals surface area contributed by atoms with Crippen LogP contribution in [0.4, 0.5) is 0 Å². The Bertz CT molecular complexity index is 1710. The number of hydrogen-bond acceptors (Lipinski definition) is 6. The SMILES string of the molecule is O=C(O)c1ccc2nc(C(Cc3ccccc3)c3ccc(C4C=C(Cl)C=CC4n4cnnn4)c[n+]3O)[nH]c2c1. The van der Waals surface area contributed by atoms with Crippen LogP contribution in [0.5, 0.6) is 0 Å². The maximum atomic E-state index is 11.5. The molecule has 3 unspecified atom stereocenters. The normalized spacial score (nSPS) is 17.7. The monoisotopic (exact) mass is 540 g/mol. The first kappa shape index (κ1) is 24.5. The van der Waals surface area contributed by atoms with Crippen molar-refractivity contribution in [2.24, 2.45) is 0 Å². The van der Waals surface area contributed by atoms with E-state index in [4.69, 9.17) is 16.6 Å². The van der Waals surface area contributed by atoms with Gasteiger partial charge in [-0.05, 0) is 52.8 Å². The number of tetrazole rings is 1. The zero-order valence-electron chi connectivity index (χ0n) is 20.5. The summed E-state index contributed by atoms with van der Waals surface area (Å²) < 4.78 is 2.77. The summed E-state index contributed by atoms with van der Waals surface area (Å²) in [6.07, 6.45) is 9.40. The zero-order valence-corrected chi connectivity index (χ0v) is 21.2. The first-order valence-electron chi connectivity index (χ1n) is 12.3. The summed E-state index contributed by atoms with van der Waals surface area (Å²) in [7, 11) is 0. The summed E-state index contributed by atoms with van der Waals surface area (Å²) in [6, 6.07) is 18.3. The summed E-state index contributed by atoms with van der Waals surface area (Å²) in [5.41, 5.74) is 3.92. The maximum Gasteiger partial charge on any atom is 0.335 e. The lowest BCUT2D eigenvalue weighted by Crippen LogP contribution is -2.38. The van der Waals surface area contributed by atoms with Crippen molar-refractivity contribution in [2.75, 3.05) is 0 Å². The molecule has 194 valence electrons. The number of nitrogens with one attached hydrogen (secondary N) is 1. The fourth-order valence-corrected chi connectivity index (χ4v) is 5.20. The molecule has 3 N–H and O–H groups in total. The lowest BCUT2D eigenvalue weighted by atomic mass is 9.88. The van der Waals surface area contributed by atoms with Gasteiger partial charge in [-0.1, -0.05) is 54.1 Å². The molecule has 0 saturated heterocycles. The van der Waals surface area contributed by atoms with E-state index in [2.05, 4.69) is 20.5 Å². The third kappa shape index (κ3) is 4.89. The number of rotatable bonds is 7. The molecule has 39 heavy (non-hydrogen) atoms. The predicted octanol–water partition coefficient (Wildman–Crippen LogP) is 4.16. The average Bonchev–Trinajstić information content (AvgIpc) is 3.62. The smallest absolute Gasteiger partial charge is 0.335 e. The van der Waals surface area contributed by atoms with Gasteiger partial charge in [0.2, 0.25) is 11.9 Å². The van der Waals surface area contributed by atoms with Gasteiger partial charge in [0.25, 0.3) is 0 Å². The number of pyridine rings is 1. The van der Waals surface area contributed by atoms with Gasteiger partial charge in [-0.3, -0.25) is 5.21 Å². The Hall–Kier alpha value is -4.83. The van der Waals surface area contributed by atoms with Crippen molar-refractivity contribution in [3.05, 3.63) is 125 Å². The Labute approximate surface area is 227 Å². The van der Waals surface area contributed by atoms with E-state index in [-0.39, 0.29) is 23.4 Å². The molecule has 0 bridgehead atoms. The molecule has 2 aromatic carbocycles. The van der Waals surface area contributed by atoms with E-state index >= 15 is 0 Å². The van der Waals surface area contributed by atoms with Gasteiger partial charge < -0.3 is 10.1 Å². The van der Waals surface area contributed by atoms with Crippen LogP contribution in [-0.4, -0.2) is 46.5 Å². The molecule has 0 amide bonds. The molecular formula is C28H23ClN7O3+. The highest BCUT2D eigenvalue weighted by Crippen LogP contribution is 2.36. The van der Waals surface area contributed by atoms with E-state index < -0.39 is 5.97 Å². The van der Waals surface area contributed by atoms with E-state index in [9.17, 15) is 15.1 Å². The van der Waals surface area contributed by atoms with Crippen LogP contribution in [0.15, 0.2) is 96.4 Å². The van der Waals surface area contributed by atoms with Crippen LogP contribution in [0.25, 0.3) is 11.0 Å². The number of hydrogen-bond donors (Lipinski definition) is 3. The molecule has 3 aromatic heterocycles. The van der Waals surface area contributed by atoms with Crippen LogP contribution in [0.2, 0.25) is 0 Å². The zero-order chi connectivity index (χ0) is 26.9. The van der Waals surface area contributed by atoms with Crippen LogP contribution in [0.1, 0.15) is 50.9 Å². The number of allylic oxidation sites excluding steroid dienone is 4. The van der Waals surface area contributed by atoms with Gasteiger partial charge in [-0.25, -0.2) is 14.5 Å². The van der Waals surface area contributed by atoms with Crippen molar-refractivity contribution < 1.29 is 19.8 Å². The highest BCUT2D eigenvalue weighted by Gasteiger charge is 2.32. The standard InChI is InChI=1S/C28H22ClN7O3/c29-20-8-11-25(35-16-30-33-34-35)21(14-20)19-7-10-26(36(39)15-19)22(12-17-4-2-1-3-5-17)27-31-23-9-6-18(28(37)38)13-24(23)32-27/h1-11,13-16,21-22,25H,12H2,(H2-,31,32,37,38,39)/p+1. The number of halogens is 1. The van der Waals surface area contributed by atoms with Gasteiger partial charge in [0.05, 0.1) is 22.6 Å². The number of H-pyrrole nitrogens is 1. The first-order valence-corrected chi connectivity index (χ1v) is 12.6. The first-order chi connectivity index (χ1) is 19.0. The van der Waals surface area contributed by atoms with E-state index in [0.29, 0.717) is 34.0 Å². The van der Waals surface area contributed by atoms with E-state index in [1.54, 1.807) is 35.4 Å². The number of carboxylic acids is 1. The van der Waals surface area contributed by atoms with E-state index in [1.807, 2.05) is 54.6 Å². The molecule has 3 atom stereocenters. The highest BCUT2D eigenvalue weighted by atomic mass is 35.5. The molecule has 1 aliphatic rings. The van der Waals surface area contributed by atoms with Gasteiger partial charge in [0, 0.05) is 27.3 Å². The molecule has 1 aliphatic carbocycles. The number of aromatic carboxylic acids is 1. The second-order valence-electron chi connectivity index (χ2n) is 9.35. The Kier molecular flexibility index (Phi) is 6.37. The molecule has 0 saturated carbocycles. The average molecular weight is 541 g/mol. The van der Waals surface area contributed by atoms with Gasteiger partial charge in [-0.15, -0.1) is 5.10 Å². The number of carbonyl (C=O) groups is 1. The second kappa shape index (κ2) is 10.1. The number of fused-ring (bicyclic) bond motifs is 1. The second-order valence-corrected chi connectivity index (χ2v) is 9.79. The minimum Gasteiger partial charge on any atom is -0.478 e. The van der Waals surface area contributed by atoms with Crippen LogP contribution >= 0.6 is 11.6 Å². The van der Waals surface area contributed by atoms with Gasteiger partial charge >= 0.3 is 5.97 Å². The Morgan fingerprint density at radius 2 is 2.00 bits per heavy atom. The molecule has 0 aliphatic heterocycles. The summed E-state index contributed by atoms with van der Waals surface area (Å²) >= 11 is 6.34. The van der Waals surface area contributed by atoms with Crippen molar-refractivity contribution in [1.29, 1.82) is 0 Å². The number of aromatic nitrogens is 7. The van der Waals surface area contributed by atoms with Gasteiger partial charge in [0.15, 0.2) is 0 Å². The fourth-order valence-electron chi connectivity index (χ4n) is 5.00. The number of aromatic amines is 1. The lowest BCUT2D eigenvalue weighted by molar-refractivity contribution is -0.910. The van der Waals surface area contributed by atoms with Crippen molar-refractivity contribution in [3.63, 3.8) is 0 Å². The van der Waals surface area contributed by atoms with Gasteiger partial charge in [-0.2, -0.15) is 0 Å². The summed E-state index contributed by atoms with van der Waals surface area (Å²) in [4.78, 5) is 19.5. The topological polar surface area (TPSA) is 134 Å². The minimum atomic E-state index is -1.01. The van der Waals surface area contributed by atoms with Crippen LogP contribution in [0, 0.1) is 0 Å². The predicted molar refractivity (Wildman–Crippen MR) is 142 cm³/mol. The molecular weight excluding hydrogens is 518 g/mol. The third-order valence-electron chi connectivity index (χ3n) is 6.91. The molecule has 11 heteroatoms. The molecule has 0 spiro atoms. The van der Waals surface area contributed by atoms with Crippen LogP contribution in [0.3, 0.4) is 0 Å². The number of nitrogens with zero attached hydrogens (tertiary/aromatic N) is 6. The fraction of sp³-hybridized carbons (Fsp3) is 0.143. The molecule has 6 rings (SSSR count). The summed E-state index contributed by atoms with van der Waals surface area (Å²) in [6.45, 7) is 0. The van der Waals surface area contributed by atoms with E-state index in [1.165, 1.54) is 6.07 Å². The number of imidazole rings is 1. The Balaban J connectivity index is 1.41. The Morgan fingerprint density at radius 1 is 1.15 bits per heavy atom. The Morgan fingerprint density at radius 3 is 2.74 bits per heavy atom. The quantitative estimate of drug-likeness (QED) is 0.208. The van der Waals surface area contributed by atoms with Crippen LogP contribution < -0.4 is 4.73 Å². The summed E-state index contributed by atoms with van der Waals surface area (Å²) in [5.74, 6) is -0.967. The lowest BCUT2D eigenvalue weighted by Gasteiger charge is -2.24. The van der Waals surface area contributed by atoms with Crippen molar-refractivity contribution >= 4 is 28.6 Å². The highest BCUT2D eigenvalue weighted by molar-refractivity contribution is 6.31. The van der Waals surface area contributed by atoms with Crippen molar-refractivity contribution in [2.45, 2.75) is 24.3 Å². The van der Waals surface area contributed by atoms with Crippen LogP contribution in [-0.2, 0) is 6.42 Å². The maximum absolute atomic E-state index is 11.5. The van der Waals surface area contributed by atoms with Crippen molar-refractivity contribution in [1.82, 2.24) is 30.2 Å². The molecule has 0 fully saturated rings. The number of carboxylic acid groups (broad SMARTS) is 1. The molecule has 5 aromatic rings.